The fourth-order valence-corrected chi connectivity index (χ4v) is 3.86. The van der Waals surface area contributed by atoms with Gasteiger partial charge in [0.1, 0.15) is 0 Å². The van der Waals surface area contributed by atoms with E-state index in [1.54, 1.807) is 43.3 Å². The molecule has 0 spiro atoms. The minimum absolute atomic E-state index is 0.00328. The predicted molar refractivity (Wildman–Crippen MR) is 113 cm³/mol. The molecule has 0 bridgehead atoms. The van der Waals surface area contributed by atoms with Crippen LogP contribution >= 0.6 is 11.6 Å². The molecule has 3 aromatic carbocycles. The predicted octanol–water partition coefficient (Wildman–Crippen LogP) is 5.01. The van der Waals surface area contributed by atoms with Gasteiger partial charge in [0, 0.05) is 22.0 Å². The molecule has 2 N–H and O–H groups in total. The van der Waals surface area contributed by atoms with E-state index in [9.17, 15) is 13.2 Å². The van der Waals surface area contributed by atoms with Gasteiger partial charge in [-0.05, 0) is 61.9 Å². The van der Waals surface area contributed by atoms with Crippen molar-refractivity contribution in [2.24, 2.45) is 0 Å². The zero-order valence-corrected chi connectivity index (χ0v) is 16.9. The summed E-state index contributed by atoms with van der Waals surface area (Å²) >= 11 is 6.08. The molecule has 0 aliphatic carbocycles. The Morgan fingerprint density at radius 2 is 1.61 bits per heavy atom. The monoisotopic (exact) mass is 414 g/mol. The van der Waals surface area contributed by atoms with Crippen LogP contribution in [0.2, 0.25) is 5.02 Å². The molecule has 0 saturated heterocycles. The zero-order valence-electron chi connectivity index (χ0n) is 15.4. The van der Waals surface area contributed by atoms with Crippen LogP contribution in [0.1, 0.15) is 21.5 Å². The standard InChI is InChI=1S/C21H19ClN2O3S/c1-14-9-11-17(12-10-14)24-28(26,27)18-6-3-5-16(13-18)21(25)23-20-8-4-7-19(22)15(20)2/h3-13,24H,1-2H3,(H,23,25). The number of hydrogen-bond donors (Lipinski definition) is 2. The first kappa shape index (κ1) is 19.9. The molecular formula is C21H19ClN2O3S. The van der Waals surface area contributed by atoms with E-state index in [4.69, 9.17) is 11.6 Å². The Balaban J connectivity index is 1.83. The molecular weight excluding hydrogens is 396 g/mol. The molecule has 0 aromatic heterocycles. The summed E-state index contributed by atoms with van der Waals surface area (Å²) in [5.74, 6) is -0.419. The van der Waals surface area contributed by atoms with E-state index in [-0.39, 0.29) is 10.5 Å². The van der Waals surface area contributed by atoms with Crippen LogP contribution in [0.5, 0.6) is 0 Å². The Morgan fingerprint density at radius 3 is 2.32 bits per heavy atom. The van der Waals surface area contributed by atoms with Crippen molar-refractivity contribution < 1.29 is 13.2 Å². The van der Waals surface area contributed by atoms with Gasteiger partial charge in [-0.15, -0.1) is 0 Å². The quantitative estimate of drug-likeness (QED) is 0.616. The smallest absolute Gasteiger partial charge is 0.261 e. The number of carbonyl (C=O) groups excluding carboxylic acids is 1. The molecule has 0 aliphatic rings. The molecule has 0 aliphatic heterocycles. The van der Waals surface area contributed by atoms with Gasteiger partial charge in [-0.1, -0.05) is 41.4 Å². The summed E-state index contributed by atoms with van der Waals surface area (Å²) in [5.41, 5.74) is 3.02. The van der Waals surface area contributed by atoms with Crippen molar-refractivity contribution >= 4 is 38.9 Å². The third-order valence-electron chi connectivity index (χ3n) is 4.23. The number of carbonyl (C=O) groups is 1. The van der Waals surface area contributed by atoms with E-state index >= 15 is 0 Å². The largest absolute Gasteiger partial charge is 0.322 e. The molecule has 7 heteroatoms. The van der Waals surface area contributed by atoms with Crippen LogP contribution < -0.4 is 10.0 Å². The molecule has 0 radical (unpaired) electrons. The summed E-state index contributed by atoms with van der Waals surface area (Å²) in [7, 11) is -3.82. The van der Waals surface area contributed by atoms with Crippen molar-refractivity contribution in [3.8, 4) is 0 Å². The molecule has 1 amide bonds. The van der Waals surface area contributed by atoms with Gasteiger partial charge in [0.15, 0.2) is 0 Å². The maximum Gasteiger partial charge on any atom is 0.261 e. The highest BCUT2D eigenvalue weighted by Crippen LogP contribution is 2.24. The first-order valence-corrected chi connectivity index (χ1v) is 10.4. The number of rotatable bonds is 5. The minimum atomic E-state index is -3.82. The second kappa shape index (κ2) is 8.04. The lowest BCUT2D eigenvalue weighted by molar-refractivity contribution is 0.102. The summed E-state index contributed by atoms with van der Waals surface area (Å²) < 4.78 is 27.8. The molecule has 0 unspecified atom stereocenters. The Labute approximate surface area is 169 Å². The highest BCUT2D eigenvalue weighted by Gasteiger charge is 2.17. The fraction of sp³-hybridized carbons (Fsp3) is 0.0952. The topological polar surface area (TPSA) is 75.3 Å². The Hall–Kier alpha value is -2.83. The first-order valence-electron chi connectivity index (χ1n) is 8.52. The van der Waals surface area contributed by atoms with Gasteiger partial charge in [0.2, 0.25) is 0 Å². The number of sulfonamides is 1. The van der Waals surface area contributed by atoms with Crippen LogP contribution in [0.15, 0.2) is 71.6 Å². The van der Waals surface area contributed by atoms with Gasteiger partial charge >= 0.3 is 0 Å². The normalized spacial score (nSPS) is 11.1. The molecule has 0 heterocycles. The van der Waals surface area contributed by atoms with Gasteiger partial charge in [-0.2, -0.15) is 0 Å². The van der Waals surface area contributed by atoms with E-state index in [1.807, 2.05) is 19.1 Å². The van der Waals surface area contributed by atoms with E-state index in [2.05, 4.69) is 10.0 Å². The van der Waals surface area contributed by atoms with E-state index in [0.29, 0.717) is 16.4 Å². The van der Waals surface area contributed by atoms with Crippen LogP contribution in [0.25, 0.3) is 0 Å². The highest BCUT2D eigenvalue weighted by atomic mass is 35.5. The number of hydrogen-bond acceptors (Lipinski definition) is 3. The number of nitrogens with one attached hydrogen (secondary N) is 2. The van der Waals surface area contributed by atoms with Gasteiger partial charge < -0.3 is 5.32 Å². The Morgan fingerprint density at radius 1 is 0.929 bits per heavy atom. The molecule has 5 nitrogen and oxygen atoms in total. The maximum atomic E-state index is 12.7. The van der Waals surface area contributed by atoms with E-state index in [0.717, 1.165) is 11.1 Å². The summed E-state index contributed by atoms with van der Waals surface area (Å²) in [5, 5.41) is 3.30. The Kier molecular flexibility index (Phi) is 5.72. The van der Waals surface area contributed by atoms with Crippen molar-refractivity contribution in [3.63, 3.8) is 0 Å². The molecule has 3 rings (SSSR count). The first-order chi connectivity index (χ1) is 13.3. The summed E-state index contributed by atoms with van der Waals surface area (Å²) in [6.45, 7) is 3.71. The Bertz CT molecular complexity index is 1130. The molecule has 28 heavy (non-hydrogen) atoms. The number of benzene rings is 3. The van der Waals surface area contributed by atoms with Crippen molar-refractivity contribution in [1.82, 2.24) is 0 Å². The number of halogens is 1. The SMILES string of the molecule is Cc1ccc(NS(=O)(=O)c2cccc(C(=O)Nc3cccc(Cl)c3C)c2)cc1. The summed E-state index contributed by atoms with van der Waals surface area (Å²) in [4.78, 5) is 12.6. The molecule has 0 atom stereocenters. The zero-order chi connectivity index (χ0) is 20.3. The molecule has 0 fully saturated rings. The van der Waals surface area contributed by atoms with E-state index < -0.39 is 15.9 Å². The minimum Gasteiger partial charge on any atom is -0.322 e. The average Bonchev–Trinajstić information content (AvgIpc) is 2.67. The highest BCUT2D eigenvalue weighted by molar-refractivity contribution is 7.92. The lowest BCUT2D eigenvalue weighted by atomic mass is 10.1. The van der Waals surface area contributed by atoms with Crippen molar-refractivity contribution in [1.29, 1.82) is 0 Å². The molecule has 0 saturated carbocycles. The summed E-state index contributed by atoms with van der Waals surface area (Å²) in [6.07, 6.45) is 0. The summed E-state index contributed by atoms with van der Waals surface area (Å²) in [6, 6.07) is 18.1. The van der Waals surface area contributed by atoms with Gasteiger partial charge in [-0.25, -0.2) is 8.42 Å². The van der Waals surface area contributed by atoms with E-state index in [1.165, 1.54) is 18.2 Å². The van der Waals surface area contributed by atoms with Crippen molar-refractivity contribution in [2.75, 3.05) is 10.0 Å². The van der Waals surface area contributed by atoms with Crippen molar-refractivity contribution in [3.05, 3.63) is 88.4 Å². The second-order valence-electron chi connectivity index (χ2n) is 6.37. The van der Waals surface area contributed by atoms with Crippen LogP contribution in [-0.2, 0) is 10.0 Å². The van der Waals surface area contributed by atoms with Gasteiger partial charge in [-0.3, -0.25) is 9.52 Å². The van der Waals surface area contributed by atoms with Gasteiger partial charge in [0.25, 0.3) is 15.9 Å². The number of amides is 1. The maximum absolute atomic E-state index is 12.7. The van der Waals surface area contributed by atoms with Crippen LogP contribution in [0.4, 0.5) is 11.4 Å². The molecule has 144 valence electrons. The second-order valence-corrected chi connectivity index (χ2v) is 8.46. The number of aryl methyl sites for hydroxylation is 1. The molecule has 3 aromatic rings. The van der Waals surface area contributed by atoms with Crippen molar-refractivity contribution in [2.45, 2.75) is 18.7 Å². The van der Waals surface area contributed by atoms with Crippen LogP contribution in [0.3, 0.4) is 0 Å². The van der Waals surface area contributed by atoms with Crippen LogP contribution in [0, 0.1) is 13.8 Å². The van der Waals surface area contributed by atoms with Gasteiger partial charge in [0.05, 0.1) is 4.90 Å². The third-order valence-corrected chi connectivity index (χ3v) is 6.01. The lowest BCUT2D eigenvalue weighted by Crippen LogP contribution is -2.16. The van der Waals surface area contributed by atoms with Crippen LogP contribution in [-0.4, -0.2) is 14.3 Å². The average molecular weight is 415 g/mol. The lowest BCUT2D eigenvalue weighted by Gasteiger charge is -2.11. The number of anilines is 2. The third kappa shape index (κ3) is 4.52. The fourth-order valence-electron chi connectivity index (χ4n) is 2.58.